The van der Waals surface area contributed by atoms with E-state index in [1.165, 1.54) is 0 Å². The van der Waals surface area contributed by atoms with E-state index in [9.17, 15) is 0 Å². The molecule has 0 heterocycles. The minimum absolute atomic E-state index is 0.226. The van der Waals surface area contributed by atoms with Crippen LogP contribution in [-0.2, 0) is 0 Å². The molecule has 2 aromatic rings. The first-order chi connectivity index (χ1) is 11.2. The van der Waals surface area contributed by atoms with Gasteiger partial charge in [0.25, 0.3) is 0 Å². The topological polar surface area (TPSA) is 39.7 Å². The Hall–Kier alpha value is -2.36. The fraction of sp³-hybridized carbons (Fsp3) is 0.368. The van der Waals surface area contributed by atoms with Crippen LogP contribution in [0.5, 0.6) is 17.2 Å². The molecule has 1 atom stereocenters. The summed E-state index contributed by atoms with van der Waals surface area (Å²) >= 11 is 0. The largest absolute Gasteiger partial charge is 0.497 e. The van der Waals surface area contributed by atoms with Crippen LogP contribution in [0.3, 0.4) is 0 Å². The molecular weight excluding hydrogens is 290 g/mol. The number of methoxy groups -OCH3 is 1. The molecule has 0 aliphatic rings. The molecule has 0 aliphatic carbocycles. The Labute approximate surface area is 138 Å². The van der Waals surface area contributed by atoms with E-state index < -0.39 is 0 Å². The quantitative estimate of drug-likeness (QED) is 0.698. The lowest BCUT2D eigenvalue weighted by Gasteiger charge is -2.14. The van der Waals surface area contributed by atoms with Crippen molar-refractivity contribution in [2.45, 2.75) is 26.4 Å². The molecule has 1 N–H and O–H groups in total. The number of hydrogen-bond acceptors (Lipinski definition) is 4. The van der Waals surface area contributed by atoms with Crippen LogP contribution in [0.1, 0.15) is 20.3 Å². The number of rotatable bonds is 9. The van der Waals surface area contributed by atoms with E-state index in [0.717, 1.165) is 35.9 Å². The molecule has 0 amide bonds. The molecule has 0 spiro atoms. The number of anilines is 1. The van der Waals surface area contributed by atoms with E-state index in [1.807, 2.05) is 48.5 Å². The Balaban J connectivity index is 1.76. The van der Waals surface area contributed by atoms with Gasteiger partial charge < -0.3 is 19.5 Å². The predicted octanol–water partition coefficient (Wildman–Crippen LogP) is 4.36. The Morgan fingerprint density at radius 3 is 2.43 bits per heavy atom. The minimum atomic E-state index is 0.226. The standard InChI is InChI=1S/C19H25NO3/c1-4-15(2)23-19-7-5-6-16(14-19)20-12-13-22-18-10-8-17(21-3)9-11-18/h5-11,14-15,20H,4,12-13H2,1-3H3. The average molecular weight is 315 g/mol. The van der Waals surface area contributed by atoms with Gasteiger partial charge in [-0.3, -0.25) is 0 Å². The highest BCUT2D eigenvalue weighted by atomic mass is 16.5. The van der Waals surface area contributed by atoms with Gasteiger partial charge in [0.1, 0.15) is 23.9 Å². The molecule has 2 aromatic carbocycles. The Kier molecular flexibility index (Phi) is 6.60. The molecule has 2 rings (SSSR count). The van der Waals surface area contributed by atoms with Gasteiger partial charge in [0.05, 0.1) is 13.2 Å². The molecule has 0 bridgehead atoms. The molecule has 0 saturated carbocycles. The van der Waals surface area contributed by atoms with Crippen molar-refractivity contribution >= 4 is 5.69 Å². The maximum Gasteiger partial charge on any atom is 0.121 e. The van der Waals surface area contributed by atoms with Gasteiger partial charge >= 0.3 is 0 Å². The zero-order valence-corrected chi connectivity index (χ0v) is 14.0. The van der Waals surface area contributed by atoms with E-state index in [2.05, 4.69) is 19.2 Å². The van der Waals surface area contributed by atoms with Gasteiger partial charge in [-0.1, -0.05) is 13.0 Å². The first kappa shape index (κ1) is 17.0. The Morgan fingerprint density at radius 1 is 1.00 bits per heavy atom. The fourth-order valence-electron chi connectivity index (χ4n) is 2.03. The number of ether oxygens (including phenoxy) is 3. The second-order valence-corrected chi connectivity index (χ2v) is 5.32. The SMILES string of the molecule is CCC(C)Oc1cccc(NCCOc2ccc(OC)cc2)c1. The highest BCUT2D eigenvalue weighted by Gasteiger charge is 2.02. The summed E-state index contributed by atoms with van der Waals surface area (Å²) in [7, 11) is 1.65. The van der Waals surface area contributed by atoms with Gasteiger partial charge in [0.15, 0.2) is 0 Å². The maximum absolute atomic E-state index is 5.82. The van der Waals surface area contributed by atoms with E-state index in [0.29, 0.717) is 6.61 Å². The van der Waals surface area contributed by atoms with Crippen LogP contribution in [0.25, 0.3) is 0 Å². The lowest BCUT2D eigenvalue weighted by atomic mass is 10.2. The summed E-state index contributed by atoms with van der Waals surface area (Å²) in [4.78, 5) is 0. The summed E-state index contributed by atoms with van der Waals surface area (Å²) in [6.07, 6.45) is 1.22. The number of benzene rings is 2. The van der Waals surface area contributed by atoms with Gasteiger partial charge in [-0.05, 0) is 49.7 Å². The number of nitrogens with one attached hydrogen (secondary N) is 1. The van der Waals surface area contributed by atoms with E-state index in [4.69, 9.17) is 14.2 Å². The van der Waals surface area contributed by atoms with Crippen molar-refractivity contribution in [1.29, 1.82) is 0 Å². The third kappa shape index (κ3) is 5.74. The lowest BCUT2D eigenvalue weighted by molar-refractivity contribution is 0.217. The lowest BCUT2D eigenvalue weighted by Crippen LogP contribution is -2.12. The molecule has 0 aromatic heterocycles. The zero-order valence-electron chi connectivity index (χ0n) is 14.0. The van der Waals surface area contributed by atoms with Gasteiger partial charge in [-0.2, -0.15) is 0 Å². The smallest absolute Gasteiger partial charge is 0.121 e. The summed E-state index contributed by atoms with van der Waals surface area (Å²) in [5, 5.41) is 3.34. The van der Waals surface area contributed by atoms with Crippen molar-refractivity contribution in [3.05, 3.63) is 48.5 Å². The summed E-state index contributed by atoms with van der Waals surface area (Å²) in [5.74, 6) is 2.55. The van der Waals surface area contributed by atoms with Gasteiger partial charge in [0, 0.05) is 18.3 Å². The highest BCUT2D eigenvalue weighted by Crippen LogP contribution is 2.19. The molecule has 0 saturated heterocycles. The fourth-order valence-corrected chi connectivity index (χ4v) is 2.03. The van der Waals surface area contributed by atoms with Crippen LogP contribution in [0.15, 0.2) is 48.5 Å². The average Bonchev–Trinajstić information content (AvgIpc) is 2.59. The molecule has 124 valence electrons. The molecule has 23 heavy (non-hydrogen) atoms. The van der Waals surface area contributed by atoms with E-state index in [-0.39, 0.29) is 6.10 Å². The minimum Gasteiger partial charge on any atom is -0.497 e. The highest BCUT2D eigenvalue weighted by molar-refractivity contribution is 5.48. The monoisotopic (exact) mass is 315 g/mol. The first-order valence-electron chi connectivity index (χ1n) is 7.98. The van der Waals surface area contributed by atoms with Gasteiger partial charge in [-0.15, -0.1) is 0 Å². The molecule has 1 unspecified atom stereocenters. The van der Waals surface area contributed by atoms with Crippen molar-refractivity contribution in [2.24, 2.45) is 0 Å². The molecule has 4 nitrogen and oxygen atoms in total. The summed E-state index contributed by atoms with van der Waals surface area (Å²) < 4.78 is 16.6. The first-order valence-corrected chi connectivity index (χ1v) is 7.98. The van der Waals surface area contributed by atoms with Crippen LogP contribution in [0.4, 0.5) is 5.69 Å². The second kappa shape index (κ2) is 8.93. The van der Waals surface area contributed by atoms with Crippen LogP contribution in [-0.4, -0.2) is 26.4 Å². The zero-order chi connectivity index (χ0) is 16.5. The van der Waals surface area contributed by atoms with Crippen molar-refractivity contribution < 1.29 is 14.2 Å². The third-order valence-corrected chi connectivity index (χ3v) is 3.51. The molecule has 0 aliphatic heterocycles. The van der Waals surface area contributed by atoms with Crippen molar-refractivity contribution in [3.63, 3.8) is 0 Å². The third-order valence-electron chi connectivity index (χ3n) is 3.51. The normalized spacial score (nSPS) is 11.6. The summed E-state index contributed by atoms with van der Waals surface area (Å²) in [5.41, 5.74) is 1.03. The van der Waals surface area contributed by atoms with Crippen LogP contribution < -0.4 is 19.5 Å². The molecule has 0 radical (unpaired) electrons. The van der Waals surface area contributed by atoms with Crippen molar-refractivity contribution in [1.82, 2.24) is 0 Å². The molecular formula is C19H25NO3. The maximum atomic E-state index is 5.82. The van der Waals surface area contributed by atoms with Crippen LogP contribution in [0.2, 0.25) is 0 Å². The van der Waals surface area contributed by atoms with E-state index in [1.54, 1.807) is 7.11 Å². The predicted molar refractivity (Wildman–Crippen MR) is 93.8 cm³/mol. The Bertz CT molecular complexity index is 583. The number of hydrogen-bond donors (Lipinski definition) is 1. The Morgan fingerprint density at radius 2 is 1.74 bits per heavy atom. The van der Waals surface area contributed by atoms with Crippen molar-refractivity contribution in [2.75, 3.05) is 25.6 Å². The van der Waals surface area contributed by atoms with Gasteiger partial charge in [-0.25, -0.2) is 0 Å². The van der Waals surface area contributed by atoms with Gasteiger partial charge in [0.2, 0.25) is 0 Å². The molecule has 4 heteroatoms. The van der Waals surface area contributed by atoms with Crippen molar-refractivity contribution in [3.8, 4) is 17.2 Å². The van der Waals surface area contributed by atoms with E-state index >= 15 is 0 Å². The molecule has 0 fully saturated rings. The van der Waals surface area contributed by atoms with Crippen LogP contribution >= 0.6 is 0 Å². The van der Waals surface area contributed by atoms with Crippen LogP contribution in [0, 0.1) is 0 Å². The summed E-state index contributed by atoms with van der Waals surface area (Å²) in [6.45, 7) is 5.49. The summed E-state index contributed by atoms with van der Waals surface area (Å²) in [6, 6.07) is 15.6. The second-order valence-electron chi connectivity index (χ2n) is 5.32.